The Balaban J connectivity index is 3.04. The van der Waals surface area contributed by atoms with E-state index in [2.05, 4.69) is 10.1 Å². The van der Waals surface area contributed by atoms with Gasteiger partial charge in [-0.25, -0.2) is 0 Å². The van der Waals surface area contributed by atoms with Crippen molar-refractivity contribution in [2.45, 2.75) is 11.8 Å². The molecule has 14 heavy (non-hydrogen) atoms. The molecule has 6 nitrogen and oxygen atoms in total. The minimum absolute atomic E-state index is 0.0653. The van der Waals surface area contributed by atoms with Crippen molar-refractivity contribution in [2.75, 3.05) is 0 Å². The molecule has 0 atom stereocenters. The third-order valence-electron chi connectivity index (χ3n) is 1.54. The van der Waals surface area contributed by atoms with Crippen LogP contribution in [0.1, 0.15) is 5.56 Å². The van der Waals surface area contributed by atoms with Crippen LogP contribution in [0.5, 0.6) is 0 Å². The van der Waals surface area contributed by atoms with E-state index in [1.807, 2.05) is 6.92 Å². The average molecular weight is 212 g/mol. The highest BCUT2D eigenvalue weighted by Gasteiger charge is 2.14. The van der Waals surface area contributed by atoms with E-state index in [-0.39, 0.29) is 4.90 Å². The second-order valence-corrected chi connectivity index (χ2v) is 4.26. The molecule has 0 fully saturated rings. The molecule has 0 aliphatic heterocycles. The predicted octanol–water partition coefficient (Wildman–Crippen LogP) is 1.50. The number of aryl methyl sites for hydroxylation is 1. The Morgan fingerprint density at radius 2 is 1.93 bits per heavy atom. The fraction of sp³-hybridized carbons (Fsp3) is 0.143. The van der Waals surface area contributed by atoms with E-state index in [1.54, 1.807) is 17.0 Å². The van der Waals surface area contributed by atoms with Crippen LogP contribution in [-0.2, 0) is 10.0 Å². The zero-order chi connectivity index (χ0) is 10.6. The lowest BCUT2D eigenvalue weighted by Crippen LogP contribution is -2.16. The molecule has 0 unspecified atom stereocenters. The first kappa shape index (κ1) is 10.4. The zero-order valence-electron chi connectivity index (χ0n) is 7.38. The maximum absolute atomic E-state index is 11.3. The zero-order valence-corrected chi connectivity index (χ0v) is 8.19. The normalized spacial score (nSPS) is 10.4. The van der Waals surface area contributed by atoms with Crippen molar-refractivity contribution < 1.29 is 8.42 Å². The number of hydrogen-bond donors (Lipinski definition) is 1. The van der Waals surface area contributed by atoms with Gasteiger partial charge in [-0.1, -0.05) is 17.7 Å². The number of nitrogens with one attached hydrogen (secondary N) is 1. The topological polar surface area (TPSA) is 94.9 Å². The Bertz CT molecular complexity index is 459. The fourth-order valence-electron chi connectivity index (χ4n) is 0.842. The van der Waals surface area contributed by atoms with Gasteiger partial charge in [0.05, 0.1) is 0 Å². The molecule has 7 heteroatoms. The quantitative estimate of drug-likeness (QED) is 0.355. The van der Waals surface area contributed by atoms with E-state index in [0.29, 0.717) is 0 Å². The van der Waals surface area contributed by atoms with Crippen molar-refractivity contribution in [3.63, 3.8) is 0 Å². The summed E-state index contributed by atoms with van der Waals surface area (Å²) in [6, 6.07) is 6.18. The Morgan fingerprint density at radius 3 is 2.43 bits per heavy atom. The van der Waals surface area contributed by atoms with Crippen LogP contribution >= 0.6 is 0 Å². The average Bonchev–Trinajstić information content (AvgIpc) is 2.16. The highest BCUT2D eigenvalue weighted by atomic mass is 32.2. The fourth-order valence-corrected chi connectivity index (χ4v) is 1.59. The number of azide groups is 1. The van der Waals surface area contributed by atoms with Crippen molar-refractivity contribution >= 4 is 10.0 Å². The maximum Gasteiger partial charge on any atom is 0.331 e. The molecule has 1 aromatic rings. The summed E-state index contributed by atoms with van der Waals surface area (Å²) >= 11 is 0. The molecule has 0 heterocycles. The Hall–Kier alpha value is -1.72. The number of benzene rings is 1. The molecular weight excluding hydrogens is 204 g/mol. The number of hydrogen-bond acceptors (Lipinski definition) is 3. The van der Waals surface area contributed by atoms with Gasteiger partial charge in [-0.2, -0.15) is 13.3 Å². The molecule has 1 rings (SSSR count). The third kappa shape index (κ3) is 2.38. The van der Waals surface area contributed by atoms with Gasteiger partial charge < -0.3 is 0 Å². The molecule has 0 aliphatic carbocycles. The van der Waals surface area contributed by atoms with E-state index in [1.165, 1.54) is 12.1 Å². The van der Waals surface area contributed by atoms with E-state index in [4.69, 9.17) is 5.53 Å². The third-order valence-corrected chi connectivity index (χ3v) is 2.75. The van der Waals surface area contributed by atoms with Gasteiger partial charge in [0.1, 0.15) is 4.90 Å². The van der Waals surface area contributed by atoms with Gasteiger partial charge in [-0.15, -0.1) is 10.4 Å². The molecule has 74 valence electrons. The van der Waals surface area contributed by atoms with E-state index in [0.717, 1.165) is 5.56 Å². The van der Waals surface area contributed by atoms with Crippen LogP contribution in [0.4, 0.5) is 0 Å². The first-order chi connectivity index (χ1) is 6.56. The second-order valence-electron chi connectivity index (χ2n) is 2.60. The highest BCUT2D eigenvalue weighted by Crippen LogP contribution is 2.09. The summed E-state index contributed by atoms with van der Waals surface area (Å²) in [4.78, 5) is 4.09. The summed E-state index contributed by atoms with van der Waals surface area (Å²) in [7, 11) is -3.71. The minimum Gasteiger partial charge on any atom is -0.179 e. The molecule has 0 aromatic heterocycles. The largest absolute Gasteiger partial charge is 0.331 e. The van der Waals surface area contributed by atoms with Crippen LogP contribution in [0.25, 0.3) is 10.4 Å². The number of nitrogens with zero attached hydrogens (tertiary/aromatic N) is 3. The van der Waals surface area contributed by atoms with Gasteiger partial charge in [-0.3, -0.25) is 0 Å². The Morgan fingerprint density at radius 1 is 1.36 bits per heavy atom. The van der Waals surface area contributed by atoms with E-state index < -0.39 is 10.0 Å². The van der Waals surface area contributed by atoms with Gasteiger partial charge in [0.2, 0.25) is 0 Å². The molecule has 0 amide bonds. The summed E-state index contributed by atoms with van der Waals surface area (Å²) < 4.78 is 22.7. The van der Waals surface area contributed by atoms with Crippen molar-refractivity contribution in [2.24, 2.45) is 5.22 Å². The lowest BCUT2D eigenvalue weighted by Gasteiger charge is -1.98. The van der Waals surface area contributed by atoms with Crippen LogP contribution in [-0.4, -0.2) is 8.42 Å². The van der Waals surface area contributed by atoms with Gasteiger partial charge in [-0.05, 0) is 24.3 Å². The van der Waals surface area contributed by atoms with Crippen molar-refractivity contribution in [3.8, 4) is 0 Å². The predicted molar refractivity (Wildman–Crippen MR) is 50.6 cm³/mol. The minimum atomic E-state index is -3.71. The smallest absolute Gasteiger partial charge is 0.179 e. The first-order valence-corrected chi connectivity index (χ1v) is 5.17. The molecule has 0 spiro atoms. The monoisotopic (exact) mass is 212 g/mol. The van der Waals surface area contributed by atoms with Crippen LogP contribution in [0, 0.1) is 6.92 Å². The van der Waals surface area contributed by atoms with E-state index in [9.17, 15) is 8.42 Å². The van der Waals surface area contributed by atoms with E-state index >= 15 is 0 Å². The van der Waals surface area contributed by atoms with Crippen molar-refractivity contribution in [1.82, 2.24) is 4.83 Å². The Labute approximate surface area is 81.2 Å². The molecule has 0 saturated heterocycles. The summed E-state index contributed by atoms with van der Waals surface area (Å²) in [5, 5.41) is 2.78. The van der Waals surface area contributed by atoms with Crippen LogP contribution in [0.2, 0.25) is 0 Å². The standard InChI is InChI=1S/C7H8N4O2S/c1-6-2-4-7(5-3-6)14(12,13)11-10-9-8/h2-5,11H,1H3. The van der Waals surface area contributed by atoms with Gasteiger partial charge >= 0.3 is 10.0 Å². The summed E-state index contributed by atoms with van der Waals surface area (Å²) in [5.41, 5.74) is 8.90. The number of sulfonamides is 1. The van der Waals surface area contributed by atoms with Gasteiger partial charge in [0, 0.05) is 0 Å². The van der Waals surface area contributed by atoms with Crippen LogP contribution in [0.3, 0.4) is 0 Å². The van der Waals surface area contributed by atoms with Gasteiger partial charge in [0.15, 0.2) is 0 Å². The molecule has 0 aliphatic rings. The molecular formula is C7H8N4O2S. The maximum atomic E-state index is 11.3. The van der Waals surface area contributed by atoms with Crippen LogP contribution in [0.15, 0.2) is 34.4 Å². The summed E-state index contributed by atoms with van der Waals surface area (Å²) in [6.45, 7) is 1.84. The summed E-state index contributed by atoms with van der Waals surface area (Å²) in [5.74, 6) is 0. The van der Waals surface area contributed by atoms with Crippen molar-refractivity contribution in [3.05, 3.63) is 40.3 Å². The SMILES string of the molecule is Cc1ccc(S(=O)(=O)NN=[N+]=[N-])cc1. The second kappa shape index (κ2) is 3.99. The lowest BCUT2D eigenvalue weighted by molar-refractivity contribution is 0.584. The van der Waals surface area contributed by atoms with Gasteiger partial charge in [0.25, 0.3) is 0 Å². The highest BCUT2D eigenvalue weighted by molar-refractivity contribution is 7.89. The van der Waals surface area contributed by atoms with Crippen molar-refractivity contribution in [1.29, 1.82) is 0 Å². The molecule has 1 N–H and O–H groups in total. The molecule has 1 aromatic carbocycles. The number of rotatable bonds is 3. The Kier molecular flexibility index (Phi) is 2.95. The molecule has 0 saturated carbocycles. The summed E-state index contributed by atoms with van der Waals surface area (Å²) in [6.07, 6.45) is 0. The van der Waals surface area contributed by atoms with Crippen LogP contribution < -0.4 is 4.83 Å². The lowest BCUT2D eigenvalue weighted by atomic mass is 10.2. The molecule has 0 radical (unpaired) electrons. The first-order valence-electron chi connectivity index (χ1n) is 3.69. The molecule has 0 bridgehead atoms.